The van der Waals surface area contributed by atoms with Gasteiger partial charge in [-0.3, -0.25) is 4.79 Å². The van der Waals surface area contributed by atoms with Crippen LogP contribution in [0.2, 0.25) is 0 Å². The van der Waals surface area contributed by atoms with Gasteiger partial charge in [-0.15, -0.1) is 0 Å². The Morgan fingerprint density at radius 2 is 2.00 bits per heavy atom. The second-order valence-electron chi connectivity index (χ2n) is 5.41. The average Bonchev–Trinajstić information content (AvgIpc) is 3.01. The van der Waals surface area contributed by atoms with Gasteiger partial charge in [0.25, 0.3) is 5.22 Å². The van der Waals surface area contributed by atoms with Crippen LogP contribution >= 0.6 is 11.8 Å². The molecule has 3 aromatic rings. The van der Waals surface area contributed by atoms with Crippen LogP contribution in [0.4, 0.5) is 0 Å². The Balaban J connectivity index is 1.50. The molecule has 0 saturated carbocycles. The molecule has 0 aliphatic heterocycles. The van der Waals surface area contributed by atoms with Crippen molar-refractivity contribution in [2.45, 2.75) is 18.3 Å². The maximum Gasteiger partial charge on any atom is 0.257 e. The number of nitrogens with one attached hydrogen (secondary N) is 1. The zero-order valence-electron chi connectivity index (χ0n) is 13.2. The lowest BCUT2D eigenvalue weighted by Crippen LogP contribution is -2.30. The molecule has 2 N–H and O–H groups in total. The number of carbonyl (C=O) groups excluding carboxylic acids is 1. The number of amides is 1. The van der Waals surface area contributed by atoms with Gasteiger partial charge in [0, 0.05) is 6.54 Å². The standard InChI is InChI=1S/C18H18N2O3S/c1-12-6-2-3-7-13(12)15(21)10-19-17(22)11-24-18-20-14-8-4-5-9-16(14)23-18/h2-9,15,21H,10-11H2,1H3,(H,19,22). The predicted octanol–water partition coefficient (Wildman–Crippen LogP) is 3.08. The summed E-state index contributed by atoms with van der Waals surface area (Å²) in [5, 5.41) is 13.4. The van der Waals surface area contributed by atoms with Crippen molar-refractivity contribution in [3.63, 3.8) is 0 Å². The molecule has 3 rings (SSSR count). The molecule has 1 heterocycles. The van der Waals surface area contributed by atoms with E-state index in [0.717, 1.165) is 16.6 Å². The van der Waals surface area contributed by atoms with E-state index in [4.69, 9.17) is 4.42 Å². The molecule has 1 unspecified atom stereocenters. The summed E-state index contributed by atoms with van der Waals surface area (Å²) in [6, 6.07) is 15.0. The maximum absolute atomic E-state index is 11.9. The number of para-hydroxylation sites is 2. The van der Waals surface area contributed by atoms with Gasteiger partial charge in [0.15, 0.2) is 5.58 Å². The fourth-order valence-corrected chi connectivity index (χ4v) is 3.04. The summed E-state index contributed by atoms with van der Waals surface area (Å²) in [6.07, 6.45) is -0.718. The topological polar surface area (TPSA) is 75.4 Å². The van der Waals surface area contributed by atoms with Crippen LogP contribution in [0.3, 0.4) is 0 Å². The molecule has 0 fully saturated rings. The van der Waals surface area contributed by atoms with Crippen molar-refractivity contribution < 1.29 is 14.3 Å². The quantitative estimate of drug-likeness (QED) is 0.673. The molecule has 1 aromatic heterocycles. The van der Waals surface area contributed by atoms with E-state index in [9.17, 15) is 9.90 Å². The summed E-state index contributed by atoms with van der Waals surface area (Å²) in [7, 11) is 0. The third-order valence-electron chi connectivity index (χ3n) is 3.64. The normalized spacial score (nSPS) is 12.2. The monoisotopic (exact) mass is 342 g/mol. The fraction of sp³-hybridized carbons (Fsp3) is 0.222. The molecule has 0 bridgehead atoms. The summed E-state index contributed by atoms with van der Waals surface area (Å²) in [5.41, 5.74) is 3.30. The van der Waals surface area contributed by atoms with Crippen molar-refractivity contribution >= 4 is 28.8 Å². The van der Waals surface area contributed by atoms with Crippen LogP contribution in [0.1, 0.15) is 17.2 Å². The highest BCUT2D eigenvalue weighted by atomic mass is 32.2. The van der Waals surface area contributed by atoms with Gasteiger partial charge in [-0.25, -0.2) is 4.98 Å². The van der Waals surface area contributed by atoms with Crippen LogP contribution in [0.15, 0.2) is 58.2 Å². The van der Waals surface area contributed by atoms with Crippen molar-refractivity contribution in [3.05, 3.63) is 59.7 Å². The number of aryl methyl sites for hydroxylation is 1. The number of benzene rings is 2. The average molecular weight is 342 g/mol. The third kappa shape index (κ3) is 3.96. The lowest BCUT2D eigenvalue weighted by atomic mass is 10.0. The van der Waals surface area contributed by atoms with Gasteiger partial charge < -0.3 is 14.8 Å². The van der Waals surface area contributed by atoms with E-state index in [-0.39, 0.29) is 18.2 Å². The number of aromatic nitrogens is 1. The highest BCUT2D eigenvalue weighted by Crippen LogP contribution is 2.23. The Hall–Kier alpha value is -2.31. The molecule has 0 saturated heterocycles. The Morgan fingerprint density at radius 3 is 2.79 bits per heavy atom. The molecule has 1 amide bonds. The third-order valence-corrected chi connectivity index (χ3v) is 4.47. The first-order valence-electron chi connectivity index (χ1n) is 7.62. The zero-order valence-corrected chi connectivity index (χ0v) is 14.0. The second kappa shape index (κ2) is 7.51. The van der Waals surface area contributed by atoms with Gasteiger partial charge in [0.1, 0.15) is 5.52 Å². The number of carbonyl (C=O) groups is 1. The van der Waals surface area contributed by atoms with Crippen LogP contribution in [-0.4, -0.2) is 28.3 Å². The Morgan fingerprint density at radius 1 is 1.25 bits per heavy atom. The number of hydrogen-bond donors (Lipinski definition) is 2. The molecular formula is C18H18N2O3S. The van der Waals surface area contributed by atoms with E-state index in [0.29, 0.717) is 10.8 Å². The van der Waals surface area contributed by atoms with Crippen molar-refractivity contribution in [2.24, 2.45) is 0 Å². The lowest BCUT2D eigenvalue weighted by molar-refractivity contribution is -0.119. The SMILES string of the molecule is Cc1ccccc1C(O)CNC(=O)CSc1nc2ccccc2o1. The largest absolute Gasteiger partial charge is 0.431 e. The number of thioether (sulfide) groups is 1. The molecule has 1 atom stereocenters. The van der Waals surface area contributed by atoms with Crippen LogP contribution in [0.5, 0.6) is 0 Å². The highest BCUT2D eigenvalue weighted by molar-refractivity contribution is 7.99. The van der Waals surface area contributed by atoms with Crippen LogP contribution in [-0.2, 0) is 4.79 Å². The molecule has 2 aromatic carbocycles. The molecule has 24 heavy (non-hydrogen) atoms. The minimum absolute atomic E-state index is 0.171. The molecule has 0 radical (unpaired) electrons. The van der Waals surface area contributed by atoms with E-state index in [1.165, 1.54) is 11.8 Å². The van der Waals surface area contributed by atoms with Gasteiger partial charge in [-0.05, 0) is 30.2 Å². The van der Waals surface area contributed by atoms with Crippen LogP contribution < -0.4 is 5.32 Å². The number of aliphatic hydroxyl groups excluding tert-OH is 1. The Labute approximate surface area is 144 Å². The van der Waals surface area contributed by atoms with Crippen molar-refractivity contribution in [3.8, 4) is 0 Å². The van der Waals surface area contributed by atoms with Gasteiger partial charge in [-0.2, -0.15) is 0 Å². The Bertz CT molecular complexity index is 814. The summed E-state index contributed by atoms with van der Waals surface area (Å²) in [6.45, 7) is 2.11. The van der Waals surface area contributed by atoms with E-state index in [2.05, 4.69) is 10.3 Å². The number of oxazole rings is 1. The first-order chi connectivity index (χ1) is 11.6. The van der Waals surface area contributed by atoms with Gasteiger partial charge in [-0.1, -0.05) is 48.2 Å². The number of aliphatic hydroxyl groups is 1. The van der Waals surface area contributed by atoms with Crippen LogP contribution in [0.25, 0.3) is 11.1 Å². The summed E-state index contributed by atoms with van der Waals surface area (Å²) in [5.74, 6) is 0.0164. The molecule has 0 aliphatic rings. The minimum Gasteiger partial charge on any atom is -0.431 e. The lowest BCUT2D eigenvalue weighted by Gasteiger charge is -2.14. The predicted molar refractivity (Wildman–Crippen MR) is 93.9 cm³/mol. The summed E-state index contributed by atoms with van der Waals surface area (Å²) in [4.78, 5) is 16.2. The zero-order chi connectivity index (χ0) is 16.9. The number of fused-ring (bicyclic) bond motifs is 1. The first kappa shape index (κ1) is 16.5. The first-order valence-corrected chi connectivity index (χ1v) is 8.60. The minimum atomic E-state index is -0.718. The molecular weight excluding hydrogens is 324 g/mol. The van der Waals surface area contributed by atoms with Crippen LogP contribution in [0, 0.1) is 6.92 Å². The summed E-state index contributed by atoms with van der Waals surface area (Å²) >= 11 is 1.23. The molecule has 0 aliphatic carbocycles. The maximum atomic E-state index is 11.9. The van der Waals surface area contributed by atoms with E-state index in [1.807, 2.05) is 55.5 Å². The Kier molecular flexibility index (Phi) is 5.17. The fourth-order valence-electron chi connectivity index (χ4n) is 2.37. The number of hydrogen-bond acceptors (Lipinski definition) is 5. The van der Waals surface area contributed by atoms with Gasteiger partial charge in [0.05, 0.1) is 11.9 Å². The molecule has 0 spiro atoms. The summed E-state index contributed by atoms with van der Waals surface area (Å²) < 4.78 is 5.55. The number of nitrogens with zero attached hydrogens (tertiary/aromatic N) is 1. The smallest absolute Gasteiger partial charge is 0.257 e. The second-order valence-corrected chi connectivity index (χ2v) is 6.34. The number of rotatable bonds is 6. The van der Waals surface area contributed by atoms with E-state index < -0.39 is 6.10 Å². The van der Waals surface area contributed by atoms with Gasteiger partial charge in [0.2, 0.25) is 5.91 Å². The van der Waals surface area contributed by atoms with Crippen molar-refractivity contribution in [1.29, 1.82) is 0 Å². The molecule has 124 valence electrons. The molecule has 5 nitrogen and oxygen atoms in total. The van der Waals surface area contributed by atoms with Gasteiger partial charge >= 0.3 is 0 Å². The highest BCUT2D eigenvalue weighted by Gasteiger charge is 2.13. The van der Waals surface area contributed by atoms with E-state index in [1.54, 1.807) is 0 Å². The van der Waals surface area contributed by atoms with Crippen molar-refractivity contribution in [2.75, 3.05) is 12.3 Å². The van der Waals surface area contributed by atoms with E-state index >= 15 is 0 Å². The van der Waals surface area contributed by atoms with Crippen molar-refractivity contribution in [1.82, 2.24) is 10.3 Å². The molecule has 6 heteroatoms.